The van der Waals surface area contributed by atoms with Crippen molar-refractivity contribution >= 4 is 26.8 Å². The lowest BCUT2D eigenvalue weighted by Crippen LogP contribution is -2.44. The predicted octanol–water partition coefficient (Wildman–Crippen LogP) is 1.57. The van der Waals surface area contributed by atoms with Gasteiger partial charge in [0, 0.05) is 45.0 Å². The molecule has 0 saturated carbocycles. The molecule has 9 nitrogen and oxygen atoms in total. The fraction of sp³-hybridized carbons (Fsp3) is 0.360. The summed E-state index contributed by atoms with van der Waals surface area (Å²) in [4.78, 5) is 19.1. The maximum atomic E-state index is 13.2. The van der Waals surface area contributed by atoms with Crippen LogP contribution in [0.15, 0.2) is 65.6 Å². The molecule has 1 fully saturated rings. The van der Waals surface area contributed by atoms with Gasteiger partial charge in [0.1, 0.15) is 4.90 Å². The van der Waals surface area contributed by atoms with Crippen molar-refractivity contribution in [1.29, 1.82) is 0 Å². The van der Waals surface area contributed by atoms with E-state index < -0.39 is 34.1 Å². The summed E-state index contributed by atoms with van der Waals surface area (Å²) < 4.78 is 33.5. The number of aliphatic hydroxyl groups excluding tert-OH is 1. The molecule has 1 saturated heterocycles. The van der Waals surface area contributed by atoms with E-state index in [1.807, 2.05) is 35.2 Å². The van der Waals surface area contributed by atoms with Gasteiger partial charge in [-0.2, -0.15) is 0 Å². The van der Waals surface area contributed by atoms with E-state index >= 15 is 0 Å². The summed E-state index contributed by atoms with van der Waals surface area (Å²) in [5, 5.41) is 10.6. The minimum absolute atomic E-state index is 0.143. The number of pyridine rings is 1. The number of hydrogen-bond donors (Lipinski definition) is 2. The molecule has 0 aliphatic carbocycles. The van der Waals surface area contributed by atoms with Crippen LogP contribution in [0.1, 0.15) is 17.9 Å². The molecule has 1 amide bonds. The van der Waals surface area contributed by atoms with Crippen molar-refractivity contribution in [3.63, 3.8) is 0 Å². The number of carbonyl (C=O) groups excluding carboxylic acids is 1. The summed E-state index contributed by atoms with van der Waals surface area (Å²) in [6.45, 7) is 1.55. The second kappa shape index (κ2) is 10.3. The van der Waals surface area contributed by atoms with Crippen molar-refractivity contribution in [3.05, 3.63) is 66.2 Å². The maximum Gasteiger partial charge on any atom is 0.259 e. The van der Waals surface area contributed by atoms with Crippen molar-refractivity contribution in [3.8, 4) is 5.88 Å². The van der Waals surface area contributed by atoms with Crippen LogP contribution >= 0.6 is 0 Å². The zero-order valence-corrected chi connectivity index (χ0v) is 20.6. The van der Waals surface area contributed by atoms with E-state index in [4.69, 9.17) is 10.5 Å². The molecule has 2 aromatic carbocycles. The highest BCUT2D eigenvalue weighted by atomic mass is 32.2. The lowest BCUT2D eigenvalue weighted by Gasteiger charge is -2.30. The monoisotopic (exact) mass is 498 g/mol. The first kappa shape index (κ1) is 25.1. The van der Waals surface area contributed by atoms with Crippen LogP contribution in [0.3, 0.4) is 0 Å². The lowest BCUT2D eigenvalue weighted by atomic mass is 9.92. The third-order valence-electron chi connectivity index (χ3n) is 6.23. The van der Waals surface area contributed by atoms with Crippen LogP contribution in [-0.2, 0) is 14.8 Å². The molecule has 1 aromatic heterocycles. The van der Waals surface area contributed by atoms with Gasteiger partial charge in [-0.25, -0.2) is 17.7 Å². The number of primary amides is 1. The molecule has 0 bridgehead atoms. The van der Waals surface area contributed by atoms with E-state index in [-0.39, 0.29) is 10.8 Å². The fourth-order valence-electron chi connectivity index (χ4n) is 4.34. The average Bonchev–Trinajstić information content (AvgIpc) is 3.25. The third kappa shape index (κ3) is 5.46. The van der Waals surface area contributed by atoms with Crippen LogP contribution in [0.4, 0.5) is 0 Å². The molecule has 10 heteroatoms. The number of sulfonamides is 1. The minimum atomic E-state index is -3.94. The van der Waals surface area contributed by atoms with Gasteiger partial charge in [0.05, 0.1) is 11.6 Å². The van der Waals surface area contributed by atoms with E-state index in [0.29, 0.717) is 37.0 Å². The van der Waals surface area contributed by atoms with E-state index in [2.05, 4.69) is 4.98 Å². The lowest BCUT2D eigenvalue weighted by molar-refractivity contribution is -0.126. The molecule has 1 unspecified atom stereocenters. The molecule has 35 heavy (non-hydrogen) atoms. The quantitative estimate of drug-likeness (QED) is 0.459. The molecule has 0 radical (unpaired) electrons. The standard InChI is InChI=1S/C25H30N4O5S/c1-28(2)35(32,33)22-14-18-10-6-7-11-21(18)27-25(22)34-23(24(26)31)20(17-8-4-3-5-9-17)16-29-13-12-19(30)15-29/h3-11,14,19-20,23,30H,12-13,15-16H2,1-2H3,(H2,26,31)/t19-,20+,23?/m0/s1. The van der Waals surface area contributed by atoms with Crippen LogP contribution in [-0.4, -0.2) is 79.6 Å². The number of benzene rings is 2. The summed E-state index contributed by atoms with van der Waals surface area (Å²) in [6, 6.07) is 17.9. The molecule has 1 aliphatic rings. The van der Waals surface area contributed by atoms with E-state index in [1.54, 1.807) is 24.3 Å². The van der Waals surface area contributed by atoms with Crippen molar-refractivity contribution in [1.82, 2.24) is 14.2 Å². The molecule has 3 atom stereocenters. The largest absolute Gasteiger partial charge is 0.463 e. The number of aliphatic hydroxyl groups is 1. The number of β-amino-alcohol motifs (C(OH)–C–C–N with tert-alkyl or cyclic N) is 1. The van der Waals surface area contributed by atoms with Crippen molar-refractivity contribution in [2.45, 2.75) is 29.4 Å². The number of carbonyl (C=O) groups is 1. The van der Waals surface area contributed by atoms with Crippen LogP contribution in [0, 0.1) is 0 Å². The number of amides is 1. The van der Waals surface area contributed by atoms with Gasteiger partial charge in [-0.3, -0.25) is 9.69 Å². The second-order valence-electron chi connectivity index (χ2n) is 8.93. The molecule has 2 heterocycles. The minimum Gasteiger partial charge on any atom is -0.463 e. The third-order valence-corrected chi connectivity index (χ3v) is 8.04. The molecule has 4 rings (SSSR count). The van der Waals surface area contributed by atoms with Gasteiger partial charge < -0.3 is 15.6 Å². The molecular weight excluding hydrogens is 468 g/mol. The van der Waals surface area contributed by atoms with Crippen molar-refractivity contribution < 1.29 is 23.1 Å². The van der Waals surface area contributed by atoms with Gasteiger partial charge in [-0.15, -0.1) is 0 Å². The zero-order valence-electron chi connectivity index (χ0n) is 19.7. The smallest absolute Gasteiger partial charge is 0.259 e. The van der Waals surface area contributed by atoms with Crippen LogP contribution in [0.5, 0.6) is 5.88 Å². The summed E-state index contributed by atoms with van der Waals surface area (Å²) in [7, 11) is -1.10. The van der Waals surface area contributed by atoms with Crippen molar-refractivity contribution in [2.24, 2.45) is 5.73 Å². The summed E-state index contributed by atoms with van der Waals surface area (Å²) in [6.07, 6.45) is -0.987. The molecule has 1 aliphatic heterocycles. The number of nitrogens with two attached hydrogens (primary N) is 1. The first-order chi connectivity index (χ1) is 16.7. The predicted molar refractivity (Wildman–Crippen MR) is 132 cm³/mol. The van der Waals surface area contributed by atoms with Gasteiger partial charge in [-0.1, -0.05) is 48.5 Å². The Morgan fingerprint density at radius 1 is 1.20 bits per heavy atom. The van der Waals surface area contributed by atoms with Gasteiger partial charge in [0.2, 0.25) is 15.9 Å². The highest BCUT2D eigenvalue weighted by Crippen LogP contribution is 2.32. The number of ether oxygens (including phenoxy) is 1. The normalized spacial score (nSPS) is 18.6. The number of hydrogen-bond acceptors (Lipinski definition) is 7. The van der Waals surface area contributed by atoms with E-state index in [9.17, 15) is 18.3 Å². The van der Waals surface area contributed by atoms with Gasteiger partial charge >= 0.3 is 0 Å². The summed E-state index contributed by atoms with van der Waals surface area (Å²) in [5.41, 5.74) is 7.18. The number of fused-ring (bicyclic) bond motifs is 1. The zero-order chi connectivity index (χ0) is 25.2. The Hall–Kier alpha value is -3.05. The highest BCUT2D eigenvalue weighted by Gasteiger charge is 2.36. The summed E-state index contributed by atoms with van der Waals surface area (Å²) >= 11 is 0. The topological polar surface area (TPSA) is 126 Å². The van der Waals surface area contributed by atoms with Crippen LogP contribution < -0.4 is 10.5 Å². The first-order valence-electron chi connectivity index (χ1n) is 11.4. The van der Waals surface area contributed by atoms with Crippen LogP contribution in [0.2, 0.25) is 0 Å². The molecule has 0 spiro atoms. The van der Waals surface area contributed by atoms with E-state index in [0.717, 1.165) is 9.87 Å². The van der Waals surface area contributed by atoms with Gasteiger partial charge in [-0.05, 0) is 24.1 Å². The Morgan fingerprint density at radius 3 is 2.51 bits per heavy atom. The second-order valence-corrected chi connectivity index (χ2v) is 11.1. The Morgan fingerprint density at radius 2 is 1.89 bits per heavy atom. The summed E-state index contributed by atoms with van der Waals surface area (Å²) in [5.74, 6) is -1.42. The van der Waals surface area contributed by atoms with Crippen LogP contribution in [0.25, 0.3) is 10.9 Å². The fourth-order valence-corrected chi connectivity index (χ4v) is 5.32. The molecule has 3 N–H and O–H groups in total. The number of para-hydroxylation sites is 1. The molecule has 3 aromatic rings. The first-order valence-corrected chi connectivity index (χ1v) is 12.8. The van der Waals surface area contributed by atoms with E-state index in [1.165, 1.54) is 20.2 Å². The SMILES string of the molecule is CN(C)S(=O)(=O)c1cc2ccccc2nc1OC(C(N)=O)[C@H](CN1CC[C@H](O)C1)c1ccccc1. The average molecular weight is 499 g/mol. The number of aromatic nitrogens is 1. The Labute approximate surface area is 205 Å². The number of nitrogens with zero attached hydrogens (tertiary/aromatic N) is 3. The Balaban J connectivity index is 1.79. The molecule has 186 valence electrons. The van der Waals surface area contributed by atoms with Gasteiger partial charge in [0.15, 0.2) is 6.10 Å². The van der Waals surface area contributed by atoms with Gasteiger partial charge in [0.25, 0.3) is 5.91 Å². The maximum absolute atomic E-state index is 13.2. The van der Waals surface area contributed by atoms with Crippen molar-refractivity contribution in [2.75, 3.05) is 33.7 Å². The Kier molecular flexibility index (Phi) is 7.36. The Bertz CT molecular complexity index is 1300. The number of likely N-dealkylation sites (tertiary alicyclic amines) is 1. The number of rotatable bonds is 9. The highest BCUT2D eigenvalue weighted by molar-refractivity contribution is 7.89. The molecular formula is C25H30N4O5S.